The van der Waals surface area contributed by atoms with E-state index in [4.69, 9.17) is 5.73 Å². The molecule has 0 aliphatic rings. The number of anilines is 1. The van der Waals surface area contributed by atoms with E-state index in [1.807, 2.05) is 0 Å². The van der Waals surface area contributed by atoms with Crippen LogP contribution in [0.3, 0.4) is 0 Å². The Hall–Kier alpha value is -2.02. The summed E-state index contributed by atoms with van der Waals surface area (Å²) >= 11 is 0. The highest BCUT2D eigenvalue weighted by atomic mass is 19.1. The summed E-state index contributed by atoms with van der Waals surface area (Å²) in [6.45, 7) is 1.75. The molecule has 1 rings (SSSR count). The molecule has 0 fully saturated rings. The van der Waals surface area contributed by atoms with Crippen molar-refractivity contribution in [3.8, 4) is 11.8 Å². The van der Waals surface area contributed by atoms with Crippen molar-refractivity contribution in [3.05, 3.63) is 29.1 Å². The molecule has 0 bridgehead atoms. The van der Waals surface area contributed by atoms with Crippen LogP contribution in [0.1, 0.15) is 17.5 Å². The monoisotopic (exact) mass is 221 g/mol. The van der Waals surface area contributed by atoms with E-state index in [2.05, 4.69) is 16.6 Å². The predicted molar refractivity (Wildman–Crippen MR) is 59.1 cm³/mol. The Morgan fingerprint density at radius 2 is 2.25 bits per heavy atom. The van der Waals surface area contributed by atoms with Crippen molar-refractivity contribution in [2.24, 2.45) is 0 Å². The number of carbonyl (C=O) groups excluding carboxylic acids is 1. The van der Waals surface area contributed by atoms with Crippen molar-refractivity contribution in [3.63, 3.8) is 0 Å². The molecule has 0 radical (unpaired) electrons. The molecule has 3 nitrogen and oxygen atoms in total. The summed E-state index contributed by atoms with van der Waals surface area (Å²) in [7, 11) is 1.29. The molecule has 0 saturated carbocycles. The van der Waals surface area contributed by atoms with E-state index in [0.29, 0.717) is 16.8 Å². The fourth-order valence-electron chi connectivity index (χ4n) is 1.11. The molecule has 2 N–H and O–H groups in total. The fraction of sp³-hybridized carbons (Fsp3) is 0.250. The van der Waals surface area contributed by atoms with E-state index in [1.54, 1.807) is 6.92 Å². The zero-order chi connectivity index (χ0) is 12.1. The lowest BCUT2D eigenvalue weighted by atomic mass is 10.1. The SMILES string of the molecule is COC(=O)CC#Cc1cc(F)cc(N)c1C. The van der Waals surface area contributed by atoms with Gasteiger partial charge in [0, 0.05) is 11.3 Å². The molecule has 0 spiro atoms. The lowest BCUT2D eigenvalue weighted by molar-refractivity contribution is -0.139. The molecule has 16 heavy (non-hydrogen) atoms. The molecule has 1 aromatic rings. The van der Waals surface area contributed by atoms with Gasteiger partial charge in [0.2, 0.25) is 0 Å². The molecular weight excluding hydrogens is 209 g/mol. The molecule has 0 unspecified atom stereocenters. The summed E-state index contributed by atoms with van der Waals surface area (Å²) in [6.07, 6.45) is -0.0215. The van der Waals surface area contributed by atoms with Crippen LogP contribution >= 0.6 is 0 Å². The summed E-state index contributed by atoms with van der Waals surface area (Å²) in [5.41, 5.74) is 7.12. The lowest BCUT2D eigenvalue weighted by Crippen LogP contribution is -1.98. The van der Waals surface area contributed by atoms with Gasteiger partial charge in [-0.05, 0) is 24.6 Å². The zero-order valence-electron chi connectivity index (χ0n) is 9.13. The van der Waals surface area contributed by atoms with Crippen LogP contribution in [0.25, 0.3) is 0 Å². The Bertz CT molecular complexity index is 472. The third kappa shape index (κ3) is 2.99. The van der Waals surface area contributed by atoms with Gasteiger partial charge in [0.1, 0.15) is 12.2 Å². The van der Waals surface area contributed by atoms with Gasteiger partial charge in [-0.2, -0.15) is 0 Å². The number of hydrogen-bond donors (Lipinski definition) is 1. The molecule has 0 aromatic heterocycles. The average Bonchev–Trinajstić information content (AvgIpc) is 2.24. The Morgan fingerprint density at radius 1 is 1.56 bits per heavy atom. The highest BCUT2D eigenvalue weighted by Crippen LogP contribution is 2.17. The van der Waals surface area contributed by atoms with E-state index < -0.39 is 11.8 Å². The minimum absolute atomic E-state index is 0.0215. The van der Waals surface area contributed by atoms with Crippen molar-refractivity contribution in [2.75, 3.05) is 12.8 Å². The minimum Gasteiger partial charge on any atom is -0.468 e. The third-order valence-corrected chi connectivity index (χ3v) is 2.10. The third-order valence-electron chi connectivity index (χ3n) is 2.10. The van der Waals surface area contributed by atoms with Crippen molar-refractivity contribution >= 4 is 11.7 Å². The molecule has 0 atom stereocenters. The fourth-order valence-corrected chi connectivity index (χ4v) is 1.11. The van der Waals surface area contributed by atoms with Gasteiger partial charge < -0.3 is 10.5 Å². The standard InChI is InChI=1S/C12H12FNO2/c1-8-9(4-3-5-12(15)16-2)6-10(13)7-11(8)14/h6-7H,5,14H2,1-2H3. The molecule has 0 aliphatic heterocycles. The lowest BCUT2D eigenvalue weighted by Gasteiger charge is -2.02. The number of carbonyl (C=O) groups is 1. The molecule has 84 valence electrons. The van der Waals surface area contributed by atoms with Crippen LogP contribution in [-0.2, 0) is 9.53 Å². The van der Waals surface area contributed by atoms with Crippen molar-refractivity contribution < 1.29 is 13.9 Å². The molecular formula is C12H12FNO2. The normalized spacial score (nSPS) is 9.19. The van der Waals surface area contributed by atoms with Crippen LogP contribution in [0, 0.1) is 24.6 Å². The topological polar surface area (TPSA) is 52.3 Å². The number of ether oxygens (including phenoxy) is 1. The van der Waals surface area contributed by atoms with Gasteiger partial charge in [0.15, 0.2) is 0 Å². The highest BCUT2D eigenvalue weighted by Gasteiger charge is 2.02. The van der Waals surface area contributed by atoms with Crippen LogP contribution in [0.5, 0.6) is 0 Å². The van der Waals surface area contributed by atoms with E-state index in [9.17, 15) is 9.18 Å². The summed E-state index contributed by atoms with van der Waals surface area (Å²) in [5.74, 6) is 4.43. The second-order valence-corrected chi connectivity index (χ2v) is 3.22. The molecule has 4 heteroatoms. The van der Waals surface area contributed by atoms with E-state index in [-0.39, 0.29) is 6.42 Å². The van der Waals surface area contributed by atoms with Crippen LogP contribution in [-0.4, -0.2) is 13.1 Å². The van der Waals surface area contributed by atoms with Gasteiger partial charge in [-0.3, -0.25) is 4.79 Å². The molecule has 0 amide bonds. The quantitative estimate of drug-likeness (QED) is 0.445. The first-order valence-electron chi connectivity index (χ1n) is 4.66. The van der Waals surface area contributed by atoms with Crippen LogP contribution in [0.2, 0.25) is 0 Å². The van der Waals surface area contributed by atoms with Crippen molar-refractivity contribution in [2.45, 2.75) is 13.3 Å². The van der Waals surface area contributed by atoms with Gasteiger partial charge in [0.05, 0.1) is 7.11 Å². The summed E-state index contributed by atoms with van der Waals surface area (Å²) in [5, 5.41) is 0. The maximum absolute atomic E-state index is 13.0. The predicted octanol–water partition coefficient (Wildman–Crippen LogP) is 1.63. The minimum atomic E-state index is -0.439. The van der Waals surface area contributed by atoms with Gasteiger partial charge in [-0.15, -0.1) is 0 Å². The van der Waals surface area contributed by atoms with Gasteiger partial charge in [-0.25, -0.2) is 4.39 Å². The zero-order valence-corrected chi connectivity index (χ0v) is 9.13. The molecule has 1 aromatic carbocycles. The maximum Gasteiger partial charge on any atom is 0.317 e. The largest absolute Gasteiger partial charge is 0.468 e. The van der Waals surface area contributed by atoms with E-state index >= 15 is 0 Å². The smallest absolute Gasteiger partial charge is 0.317 e. The first kappa shape index (κ1) is 12.1. The average molecular weight is 221 g/mol. The van der Waals surface area contributed by atoms with E-state index in [1.165, 1.54) is 19.2 Å². The number of nitrogen functional groups attached to an aromatic ring is 1. The van der Waals surface area contributed by atoms with Crippen molar-refractivity contribution in [1.82, 2.24) is 0 Å². The van der Waals surface area contributed by atoms with Gasteiger partial charge in [0.25, 0.3) is 0 Å². The van der Waals surface area contributed by atoms with E-state index in [0.717, 1.165) is 0 Å². The Balaban J connectivity index is 2.92. The molecule has 0 saturated heterocycles. The Labute approximate surface area is 93.4 Å². The summed E-state index contributed by atoms with van der Waals surface area (Å²) in [6, 6.07) is 2.52. The number of methoxy groups -OCH3 is 1. The summed E-state index contributed by atoms with van der Waals surface area (Å²) < 4.78 is 17.4. The number of esters is 1. The first-order valence-corrected chi connectivity index (χ1v) is 4.66. The van der Waals surface area contributed by atoms with Crippen LogP contribution < -0.4 is 5.73 Å². The van der Waals surface area contributed by atoms with Crippen LogP contribution in [0.15, 0.2) is 12.1 Å². The second kappa shape index (κ2) is 5.17. The van der Waals surface area contributed by atoms with Crippen LogP contribution in [0.4, 0.5) is 10.1 Å². The number of hydrogen-bond acceptors (Lipinski definition) is 3. The molecule has 0 aliphatic carbocycles. The Kier molecular flexibility index (Phi) is 3.90. The van der Waals surface area contributed by atoms with Gasteiger partial charge >= 0.3 is 5.97 Å². The Morgan fingerprint density at radius 3 is 2.88 bits per heavy atom. The van der Waals surface area contributed by atoms with Crippen molar-refractivity contribution in [1.29, 1.82) is 0 Å². The molecule has 0 heterocycles. The van der Waals surface area contributed by atoms with Gasteiger partial charge in [-0.1, -0.05) is 11.8 Å². The highest BCUT2D eigenvalue weighted by molar-refractivity contribution is 5.72. The second-order valence-electron chi connectivity index (χ2n) is 3.22. The first-order chi connectivity index (χ1) is 7.54. The number of benzene rings is 1. The number of halogens is 1. The summed E-state index contributed by atoms with van der Waals surface area (Å²) in [4.78, 5) is 10.8. The number of nitrogens with two attached hydrogens (primary N) is 1. The number of rotatable bonds is 1. The maximum atomic E-state index is 13.0.